The molecule has 104 valence electrons. The van der Waals surface area contributed by atoms with Crippen molar-refractivity contribution in [3.8, 4) is 5.75 Å². The van der Waals surface area contributed by atoms with Crippen molar-refractivity contribution in [1.82, 2.24) is 0 Å². The standard InChI is InChI=1S/C15H13BrClNO2/c1-8-6-11(16)13(7-12(8)17)18-15(20)10-4-3-5-14(19)9(10)2/h3-7,19H,1-2H3,(H,18,20). The number of hydrogen-bond acceptors (Lipinski definition) is 2. The van der Waals surface area contributed by atoms with Gasteiger partial charge < -0.3 is 10.4 Å². The number of halogens is 2. The lowest BCUT2D eigenvalue weighted by Crippen LogP contribution is -2.13. The van der Waals surface area contributed by atoms with Crippen LogP contribution >= 0.6 is 27.5 Å². The van der Waals surface area contributed by atoms with E-state index in [9.17, 15) is 9.90 Å². The van der Waals surface area contributed by atoms with Gasteiger partial charge >= 0.3 is 0 Å². The van der Waals surface area contributed by atoms with Gasteiger partial charge in [0.2, 0.25) is 0 Å². The van der Waals surface area contributed by atoms with E-state index < -0.39 is 0 Å². The molecule has 20 heavy (non-hydrogen) atoms. The summed E-state index contributed by atoms with van der Waals surface area (Å²) in [7, 11) is 0. The Morgan fingerprint density at radius 1 is 1.30 bits per heavy atom. The van der Waals surface area contributed by atoms with E-state index in [4.69, 9.17) is 11.6 Å². The first-order valence-electron chi connectivity index (χ1n) is 5.95. The molecule has 5 heteroatoms. The lowest BCUT2D eigenvalue weighted by Gasteiger charge is -2.11. The van der Waals surface area contributed by atoms with Gasteiger partial charge in [-0.2, -0.15) is 0 Å². The molecule has 0 aromatic heterocycles. The number of hydrogen-bond donors (Lipinski definition) is 2. The van der Waals surface area contributed by atoms with E-state index in [2.05, 4.69) is 21.2 Å². The van der Waals surface area contributed by atoms with Crippen LogP contribution in [0.4, 0.5) is 5.69 Å². The second-order valence-corrected chi connectivity index (χ2v) is 5.75. The highest BCUT2D eigenvalue weighted by Crippen LogP contribution is 2.30. The Morgan fingerprint density at radius 3 is 2.70 bits per heavy atom. The number of phenols is 1. The largest absolute Gasteiger partial charge is 0.508 e. The number of aryl methyl sites for hydroxylation is 1. The molecule has 0 saturated heterocycles. The first-order chi connectivity index (χ1) is 9.40. The van der Waals surface area contributed by atoms with Crippen molar-refractivity contribution >= 4 is 39.1 Å². The highest BCUT2D eigenvalue weighted by Gasteiger charge is 2.13. The van der Waals surface area contributed by atoms with Crippen LogP contribution in [-0.2, 0) is 0 Å². The fourth-order valence-corrected chi connectivity index (χ4v) is 2.52. The predicted molar refractivity (Wildman–Crippen MR) is 84.7 cm³/mol. The van der Waals surface area contributed by atoms with Crippen molar-refractivity contribution in [2.24, 2.45) is 0 Å². The Balaban J connectivity index is 2.33. The zero-order valence-corrected chi connectivity index (χ0v) is 13.3. The van der Waals surface area contributed by atoms with E-state index in [-0.39, 0.29) is 11.7 Å². The third kappa shape index (κ3) is 2.97. The van der Waals surface area contributed by atoms with Gasteiger partial charge in [0.15, 0.2) is 0 Å². The van der Waals surface area contributed by atoms with Crippen molar-refractivity contribution in [2.75, 3.05) is 5.32 Å². The quantitative estimate of drug-likeness (QED) is 0.823. The van der Waals surface area contributed by atoms with Crippen LogP contribution in [0.15, 0.2) is 34.8 Å². The van der Waals surface area contributed by atoms with E-state index in [0.717, 1.165) is 10.0 Å². The molecule has 2 rings (SSSR count). The van der Waals surface area contributed by atoms with Gasteiger partial charge in [0, 0.05) is 20.6 Å². The molecule has 3 nitrogen and oxygen atoms in total. The summed E-state index contributed by atoms with van der Waals surface area (Å²) in [6, 6.07) is 8.37. The van der Waals surface area contributed by atoms with Gasteiger partial charge in [-0.25, -0.2) is 0 Å². The Morgan fingerprint density at radius 2 is 2.00 bits per heavy atom. The normalized spacial score (nSPS) is 10.4. The average Bonchev–Trinajstić information content (AvgIpc) is 2.39. The van der Waals surface area contributed by atoms with E-state index in [1.807, 2.05) is 13.0 Å². The lowest BCUT2D eigenvalue weighted by molar-refractivity contribution is 0.102. The van der Waals surface area contributed by atoms with Gasteiger partial charge in [-0.1, -0.05) is 17.7 Å². The molecule has 0 fully saturated rings. The Hall–Kier alpha value is -1.52. The zero-order chi connectivity index (χ0) is 14.9. The molecular weight excluding hydrogens is 342 g/mol. The number of anilines is 1. The second kappa shape index (κ2) is 5.85. The summed E-state index contributed by atoms with van der Waals surface area (Å²) in [5, 5.41) is 13.0. The number of aromatic hydroxyl groups is 1. The number of rotatable bonds is 2. The van der Waals surface area contributed by atoms with Crippen molar-refractivity contribution in [3.05, 3.63) is 56.5 Å². The maximum atomic E-state index is 12.2. The first kappa shape index (κ1) is 14.9. The van der Waals surface area contributed by atoms with Crippen molar-refractivity contribution in [3.63, 3.8) is 0 Å². The molecule has 0 atom stereocenters. The maximum absolute atomic E-state index is 12.2. The number of amides is 1. The number of carbonyl (C=O) groups is 1. The van der Waals surface area contributed by atoms with Gasteiger partial charge in [0.1, 0.15) is 5.75 Å². The highest BCUT2D eigenvalue weighted by molar-refractivity contribution is 9.10. The van der Waals surface area contributed by atoms with Gasteiger partial charge in [0.05, 0.1) is 5.69 Å². The molecule has 0 spiro atoms. The zero-order valence-electron chi connectivity index (χ0n) is 11.0. The fourth-order valence-electron chi connectivity index (χ4n) is 1.80. The van der Waals surface area contributed by atoms with Gasteiger partial charge in [0.25, 0.3) is 5.91 Å². The van der Waals surface area contributed by atoms with Gasteiger partial charge in [-0.15, -0.1) is 0 Å². The first-order valence-corrected chi connectivity index (χ1v) is 7.13. The summed E-state index contributed by atoms with van der Waals surface area (Å²) in [4.78, 5) is 12.2. The number of phenolic OH excluding ortho intramolecular Hbond substituents is 1. The van der Waals surface area contributed by atoms with E-state index >= 15 is 0 Å². The van der Waals surface area contributed by atoms with Crippen LogP contribution in [0, 0.1) is 13.8 Å². The van der Waals surface area contributed by atoms with E-state index in [0.29, 0.717) is 21.8 Å². The topological polar surface area (TPSA) is 49.3 Å². The molecule has 1 amide bonds. The number of benzene rings is 2. The third-order valence-electron chi connectivity index (χ3n) is 3.05. The molecule has 0 bridgehead atoms. The average molecular weight is 355 g/mol. The summed E-state index contributed by atoms with van der Waals surface area (Å²) < 4.78 is 0.755. The fraction of sp³-hybridized carbons (Fsp3) is 0.133. The Kier molecular flexibility index (Phi) is 4.35. The lowest BCUT2D eigenvalue weighted by atomic mass is 10.1. The third-order valence-corrected chi connectivity index (χ3v) is 4.11. The van der Waals surface area contributed by atoms with E-state index in [1.54, 1.807) is 31.2 Å². The molecule has 2 N–H and O–H groups in total. The van der Waals surface area contributed by atoms with Crippen LogP contribution in [0.3, 0.4) is 0 Å². The van der Waals surface area contributed by atoms with Crippen LogP contribution in [0.2, 0.25) is 5.02 Å². The van der Waals surface area contributed by atoms with Gasteiger partial charge in [-0.05, 0) is 59.6 Å². The van der Waals surface area contributed by atoms with Gasteiger partial charge in [-0.3, -0.25) is 4.79 Å². The molecule has 0 saturated carbocycles. The molecule has 0 aliphatic heterocycles. The van der Waals surface area contributed by atoms with Crippen LogP contribution in [0.5, 0.6) is 5.75 Å². The molecule has 0 aliphatic rings. The van der Waals surface area contributed by atoms with Crippen LogP contribution < -0.4 is 5.32 Å². The number of nitrogens with one attached hydrogen (secondary N) is 1. The molecule has 0 unspecified atom stereocenters. The van der Waals surface area contributed by atoms with Crippen molar-refractivity contribution < 1.29 is 9.90 Å². The summed E-state index contributed by atoms with van der Waals surface area (Å²) >= 11 is 9.45. The molecule has 0 heterocycles. The molecule has 0 aliphatic carbocycles. The SMILES string of the molecule is Cc1cc(Br)c(NC(=O)c2cccc(O)c2C)cc1Cl. The summed E-state index contributed by atoms with van der Waals surface area (Å²) in [5.41, 5.74) is 2.48. The predicted octanol–water partition coefficient (Wildman–Crippen LogP) is 4.68. The number of carbonyl (C=O) groups excluding carboxylic acids is 1. The monoisotopic (exact) mass is 353 g/mol. The summed E-state index contributed by atoms with van der Waals surface area (Å²) in [6.45, 7) is 3.58. The van der Waals surface area contributed by atoms with Crippen molar-refractivity contribution in [1.29, 1.82) is 0 Å². The van der Waals surface area contributed by atoms with Crippen molar-refractivity contribution in [2.45, 2.75) is 13.8 Å². The van der Waals surface area contributed by atoms with E-state index in [1.165, 1.54) is 0 Å². The summed E-state index contributed by atoms with van der Waals surface area (Å²) in [5.74, 6) is -0.197. The minimum Gasteiger partial charge on any atom is -0.508 e. The Labute approximate surface area is 130 Å². The Bertz CT molecular complexity index is 686. The molecule has 0 radical (unpaired) electrons. The maximum Gasteiger partial charge on any atom is 0.256 e. The molecule has 2 aromatic rings. The summed E-state index contributed by atoms with van der Waals surface area (Å²) in [6.07, 6.45) is 0. The molecular formula is C15H13BrClNO2. The van der Waals surface area contributed by atoms with Crippen LogP contribution in [0.1, 0.15) is 21.5 Å². The van der Waals surface area contributed by atoms with Crippen LogP contribution in [0.25, 0.3) is 0 Å². The minimum absolute atomic E-state index is 0.0960. The molecule has 2 aromatic carbocycles. The highest BCUT2D eigenvalue weighted by atomic mass is 79.9. The smallest absolute Gasteiger partial charge is 0.256 e. The second-order valence-electron chi connectivity index (χ2n) is 4.49. The minimum atomic E-state index is -0.293. The van der Waals surface area contributed by atoms with Crippen LogP contribution in [-0.4, -0.2) is 11.0 Å².